The molecule has 0 radical (unpaired) electrons. The maximum Gasteiger partial charge on any atom is 0.225 e. The van der Waals surface area contributed by atoms with Crippen LogP contribution in [-0.4, -0.2) is 36.7 Å². The van der Waals surface area contributed by atoms with Crippen LogP contribution in [0, 0.1) is 11.8 Å². The number of hydrogen-bond donors (Lipinski definition) is 3. The summed E-state index contributed by atoms with van der Waals surface area (Å²) in [6.45, 7) is 4.76. The fraction of sp³-hybridized carbons (Fsp3) is 0.579. The standard InChI is InChI=1S/C19H29N5O2S.ClH/c1-13(2)27(25,26)22-12-15-9-7-14(8-10-15)11-21-19-23-17-6-4-3-5-16(17)18(20)24-19;/h3-6,13-15,22H,7-12H2,1-2H3,(H3,20,21,23,24);1H. The van der Waals surface area contributed by atoms with Gasteiger partial charge in [-0.2, -0.15) is 4.98 Å². The first-order valence-corrected chi connectivity index (χ1v) is 11.1. The number of fused-ring (bicyclic) bond motifs is 1. The number of halogens is 1. The monoisotopic (exact) mass is 427 g/mol. The van der Waals surface area contributed by atoms with E-state index in [2.05, 4.69) is 20.0 Å². The second-order valence-corrected chi connectivity index (χ2v) is 9.98. The highest BCUT2D eigenvalue weighted by molar-refractivity contribution is 7.90. The first-order chi connectivity index (χ1) is 12.8. The highest BCUT2D eigenvalue weighted by Gasteiger charge is 2.23. The normalized spacial score (nSPS) is 20.1. The lowest BCUT2D eigenvalue weighted by molar-refractivity contribution is 0.284. The Balaban J connectivity index is 0.00000280. The average molecular weight is 428 g/mol. The summed E-state index contributed by atoms with van der Waals surface area (Å²) in [5, 5.41) is 3.81. The minimum absolute atomic E-state index is 0. The van der Waals surface area contributed by atoms with Gasteiger partial charge in [0.15, 0.2) is 0 Å². The Bertz CT molecular complexity index is 883. The zero-order chi connectivity index (χ0) is 19.4. The van der Waals surface area contributed by atoms with Crippen LogP contribution in [0.4, 0.5) is 11.8 Å². The molecule has 9 heteroatoms. The van der Waals surface area contributed by atoms with Gasteiger partial charge in [0.2, 0.25) is 16.0 Å². The van der Waals surface area contributed by atoms with E-state index >= 15 is 0 Å². The van der Waals surface area contributed by atoms with E-state index in [9.17, 15) is 8.42 Å². The largest absolute Gasteiger partial charge is 0.383 e. The lowest BCUT2D eigenvalue weighted by Crippen LogP contribution is -2.36. The number of hydrogen-bond acceptors (Lipinski definition) is 6. The van der Waals surface area contributed by atoms with Gasteiger partial charge in [-0.25, -0.2) is 18.1 Å². The van der Waals surface area contributed by atoms with Crippen LogP contribution < -0.4 is 15.8 Å². The molecule has 0 aliphatic heterocycles. The first-order valence-electron chi connectivity index (χ1n) is 9.59. The van der Waals surface area contributed by atoms with E-state index in [1.807, 2.05) is 24.3 Å². The molecule has 0 saturated heterocycles. The molecule has 1 fully saturated rings. The van der Waals surface area contributed by atoms with Crippen LogP contribution in [0.1, 0.15) is 39.5 Å². The van der Waals surface area contributed by atoms with Gasteiger partial charge in [-0.3, -0.25) is 0 Å². The molecule has 1 aromatic heterocycles. The van der Waals surface area contributed by atoms with Crippen LogP contribution in [0.3, 0.4) is 0 Å². The molecule has 3 rings (SSSR count). The molecule has 0 atom stereocenters. The van der Waals surface area contributed by atoms with Crippen molar-refractivity contribution in [3.05, 3.63) is 24.3 Å². The number of sulfonamides is 1. The van der Waals surface area contributed by atoms with Crippen LogP contribution >= 0.6 is 12.4 Å². The van der Waals surface area contributed by atoms with E-state index in [0.29, 0.717) is 30.1 Å². The number of nitrogens with two attached hydrogens (primary N) is 1. The van der Waals surface area contributed by atoms with Crippen molar-refractivity contribution in [2.75, 3.05) is 24.1 Å². The Morgan fingerprint density at radius 2 is 1.68 bits per heavy atom. The highest BCUT2D eigenvalue weighted by atomic mass is 35.5. The van der Waals surface area contributed by atoms with Crippen molar-refractivity contribution in [2.24, 2.45) is 11.8 Å². The number of nitrogens with zero attached hydrogens (tertiary/aromatic N) is 2. The molecule has 28 heavy (non-hydrogen) atoms. The number of nitrogen functional groups attached to an aromatic ring is 1. The second-order valence-electron chi connectivity index (χ2n) is 7.66. The number of anilines is 2. The van der Waals surface area contributed by atoms with E-state index in [1.54, 1.807) is 13.8 Å². The van der Waals surface area contributed by atoms with Crippen LogP contribution in [-0.2, 0) is 10.0 Å². The molecule has 1 aromatic carbocycles. The molecule has 156 valence electrons. The lowest BCUT2D eigenvalue weighted by Gasteiger charge is -2.29. The van der Waals surface area contributed by atoms with Gasteiger partial charge < -0.3 is 11.1 Å². The zero-order valence-electron chi connectivity index (χ0n) is 16.4. The molecule has 0 unspecified atom stereocenters. The molecule has 0 amide bonds. The maximum atomic E-state index is 11.9. The summed E-state index contributed by atoms with van der Waals surface area (Å²) in [6.07, 6.45) is 4.22. The lowest BCUT2D eigenvalue weighted by atomic mass is 9.82. The first kappa shape index (κ1) is 22.6. The number of benzene rings is 1. The van der Waals surface area contributed by atoms with Crippen molar-refractivity contribution < 1.29 is 8.42 Å². The minimum atomic E-state index is -3.17. The van der Waals surface area contributed by atoms with Crippen molar-refractivity contribution in [2.45, 2.75) is 44.8 Å². The summed E-state index contributed by atoms with van der Waals surface area (Å²) in [6, 6.07) is 7.72. The Hall–Kier alpha value is -1.64. The van der Waals surface area contributed by atoms with Gasteiger partial charge in [-0.05, 0) is 63.5 Å². The third-order valence-electron chi connectivity index (χ3n) is 5.34. The van der Waals surface area contributed by atoms with Gasteiger partial charge in [-0.15, -0.1) is 12.4 Å². The molecular formula is C19H30ClN5O2S. The molecule has 1 heterocycles. The fourth-order valence-corrected chi connectivity index (χ4v) is 4.26. The molecule has 1 aliphatic rings. The van der Waals surface area contributed by atoms with Crippen LogP contribution in [0.2, 0.25) is 0 Å². The van der Waals surface area contributed by atoms with Gasteiger partial charge in [0.25, 0.3) is 0 Å². The van der Waals surface area contributed by atoms with Crippen molar-refractivity contribution in [1.29, 1.82) is 0 Å². The number of rotatable bonds is 7. The summed E-state index contributed by atoms with van der Waals surface area (Å²) in [5.74, 6) is 2.02. The predicted octanol–water partition coefficient (Wildman–Crippen LogP) is 3.18. The third-order valence-corrected chi connectivity index (χ3v) is 7.15. The molecule has 2 aromatic rings. The summed E-state index contributed by atoms with van der Waals surface area (Å²) in [7, 11) is -3.17. The van der Waals surface area contributed by atoms with Gasteiger partial charge in [0, 0.05) is 18.5 Å². The van der Waals surface area contributed by atoms with Gasteiger partial charge >= 0.3 is 0 Å². The summed E-state index contributed by atoms with van der Waals surface area (Å²) >= 11 is 0. The topological polar surface area (TPSA) is 110 Å². The summed E-state index contributed by atoms with van der Waals surface area (Å²) < 4.78 is 26.5. The molecule has 1 saturated carbocycles. The van der Waals surface area contributed by atoms with E-state index in [0.717, 1.165) is 43.1 Å². The van der Waals surface area contributed by atoms with Crippen molar-refractivity contribution in [1.82, 2.24) is 14.7 Å². The maximum absolute atomic E-state index is 11.9. The van der Waals surface area contributed by atoms with E-state index in [1.165, 1.54) is 0 Å². The average Bonchev–Trinajstić information content (AvgIpc) is 2.65. The van der Waals surface area contributed by atoms with Gasteiger partial charge in [0.1, 0.15) is 5.82 Å². The second kappa shape index (κ2) is 9.71. The summed E-state index contributed by atoms with van der Waals surface area (Å²) in [4.78, 5) is 8.88. The fourth-order valence-electron chi connectivity index (χ4n) is 3.46. The number of aromatic nitrogens is 2. The quantitative estimate of drug-likeness (QED) is 0.625. The Morgan fingerprint density at radius 3 is 2.32 bits per heavy atom. The Morgan fingerprint density at radius 1 is 1.07 bits per heavy atom. The Kier molecular flexibility index (Phi) is 7.86. The minimum Gasteiger partial charge on any atom is -0.383 e. The highest BCUT2D eigenvalue weighted by Crippen LogP contribution is 2.29. The van der Waals surface area contributed by atoms with E-state index in [4.69, 9.17) is 5.73 Å². The van der Waals surface area contributed by atoms with Crippen molar-refractivity contribution in [3.63, 3.8) is 0 Å². The predicted molar refractivity (Wildman–Crippen MR) is 117 cm³/mol. The number of nitrogens with one attached hydrogen (secondary N) is 2. The van der Waals surface area contributed by atoms with E-state index in [-0.39, 0.29) is 17.7 Å². The Labute approximate surface area is 173 Å². The van der Waals surface area contributed by atoms with Gasteiger partial charge in [0.05, 0.1) is 10.8 Å². The molecular weight excluding hydrogens is 398 g/mol. The SMILES string of the molecule is CC(C)S(=O)(=O)NCC1CCC(CNc2nc(N)c3ccccc3n2)CC1.Cl. The molecule has 1 aliphatic carbocycles. The van der Waals surface area contributed by atoms with Crippen molar-refractivity contribution in [3.8, 4) is 0 Å². The third kappa shape index (κ3) is 5.68. The van der Waals surface area contributed by atoms with Gasteiger partial charge in [-0.1, -0.05) is 12.1 Å². The van der Waals surface area contributed by atoms with Crippen molar-refractivity contribution >= 4 is 45.1 Å². The van der Waals surface area contributed by atoms with E-state index < -0.39 is 10.0 Å². The number of para-hydroxylation sites is 1. The van der Waals surface area contributed by atoms with Crippen LogP contribution in [0.15, 0.2) is 24.3 Å². The molecule has 7 nitrogen and oxygen atoms in total. The van der Waals surface area contributed by atoms with Crippen LogP contribution in [0.25, 0.3) is 10.9 Å². The molecule has 0 spiro atoms. The molecule has 0 bridgehead atoms. The smallest absolute Gasteiger partial charge is 0.225 e. The van der Waals surface area contributed by atoms with Crippen LogP contribution in [0.5, 0.6) is 0 Å². The summed E-state index contributed by atoms with van der Waals surface area (Å²) in [5.41, 5.74) is 6.87. The molecule has 4 N–H and O–H groups in total. The zero-order valence-corrected chi connectivity index (χ0v) is 18.0.